The fourth-order valence-corrected chi connectivity index (χ4v) is 3.17. The van der Waals surface area contributed by atoms with Crippen LogP contribution in [-0.2, 0) is 6.42 Å². The van der Waals surface area contributed by atoms with Gasteiger partial charge in [-0.25, -0.2) is 4.39 Å². The van der Waals surface area contributed by atoms with Crippen molar-refractivity contribution in [3.8, 4) is 0 Å². The molecule has 0 spiro atoms. The molecule has 1 unspecified atom stereocenters. The van der Waals surface area contributed by atoms with E-state index in [1.54, 1.807) is 12.1 Å². The van der Waals surface area contributed by atoms with Crippen molar-refractivity contribution in [1.82, 2.24) is 0 Å². The number of halogens is 2. The Morgan fingerprint density at radius 2 is 1.95 bits per heavy atom. The maximum atomic E-state index is 13.7. The van der Waals surface area contributed by atoms with Crippen LogP contribution >= 0.6 is 27.7 Å². The van der Waals surface area contributed by atoms with Gasteiger partial charge in [-0.2, -0.15) is 0 Å². The topological polar surface area (TPSA) is 26.0 Å². The van der Waals surface area contributed by atoms with Crippen molar-refractivity contribution >= 4 is 27.7 Å². The van der Waals surface area contributed by atoms with Gasteiger partial charge in [-0.1, -0.05) is 39.8 Å². The third kappa shape index (κ3) is 4.06. The minimum absolute atomic E-state index is 0.0780. The zero-order valence-corrected chi connectivity index (χ0v) is 13.0. The lowest BCUT2D eigenvalue weighted by atomic mass is 10.1. The first kappa shape index (κ1) is 14.6. The summed E-state index contributed by atoms with van der Waals surface area (Å²) in [5, 5.41) is 0. The number of rotatable bonds is 4. The molecule has 1 atom stereocenters. The van der Waals surface area contributed by atoms with Crippen molar-refractivity contribution in [1.29, 1.82) is 0 Å². The quantitative estimate of drug-likeness (QED) is 0.878. The fraction of sp³-hybridized carbons (Fsp3) is 0.200. The Kier molecular flexibility index (Phi) is 5.02. The van der Waals surface area contributed by atoms with Gasteiger partial charge in [0.15, 0.2) is 0 Å². The highest BCUT2D eigenvalue weighted by Crippen LogP contribution is 2.34. The van der Waals surface area contributed by atoms with Crippen LogP contribution in [0.15, 0.2) is 56.7 Å². The Hall–Kier alpha value is -0.840. The molecule has 2 rings (SSSR count). The van der Waals surface area contributed by atoms with Gasteiger partial charge in [0, 0.05) is 20.3 Å². The van der Waals surface area contributed by atoms with E-state index >= 15 is 0 Å². The van der Waals surface area contributed by atoms with Crippen LogP contribution in [0.3, 0.4) is 0 Å². The number of hydrogen-bond donors (Lipinski definition) is 1. The second-order valence-electron chi connectivity index (χ2n) is 4.47. The zero-order valence-electron chi connectivity index (χ0n) is 10.6. The van der Waals surface area contributed by atoms with Gasteiger partial charge in [-0.15, -0.1) is 0 Å². The Morgan fingerprint density at radius 3 is 2.63 bits per heavy atom. The minimum atomic E-state index is -0.192. The highest BCUT2D eigenvalue weighted by atomic mass is 79.9. The summed E-state index contributed by atoms with van der Waals surface area (Å²) in [6.45, 7) is 1.97. The van der Waals surface area contributed by atoms with Gasteiger partial charge in [0.1, 0.15) is 5.82 Å². The van der Waals surface area contributed by atoms with E-state index in [-0.39, 0.29) is 11.9 Å². The standard InChI is InChI=1S/C15H15BrFNS/c1-10(18)8-11-9-12(16)6-7-14(11)19-15-5-3-2-4-13(15)17/h2-7,9-10H,8,18H2,1H3. The average molecular weight is 340 g/mol. The predicted molar refractivity (Wildman–Crippen MR) is 82.0 cm³/mol. The van der Waals surface area contributed by atoms with Crippen molar-refractivity contribution in [2.45, 2.75) is 29.2 Å². The average Bonchev–Trinajstić information content (AvgIpc) is 2.34. The van der Waals surface area contributed by atoms with E-state index in [0.29, 0.717) is 4.90 Å². The molecule has 0 fully saturated rings. The van der Waals surface area contributed by atoms with Crippen molar-refractivity contribution in [3.63, 3.8) is 0 Å². The summed E-state index contributed by atoms with van der Waals surface area (Å²) in [6, 6.07) is 12.9. The van der Waals surface area contributed by atoms with Crippen LogP contribution in [0, 0.1) is 5.82 Å². The van der Waals surface area contributed by atoms with Crippen molar-refractivity contribution in [2.24, 2.45) is 5.73 Å². The van der Waals surface area contributed by atoms with E-state index in [0.717, 1.165) is 21.4 Å². The monoisotopic (exact) mass is 339 g/mol. The molecule has 19 heavy (non-hydrogen) atoms. The molecule has 0 bridgehead atoms. The van der Waals surface area contributed by atoms with Crippen LogP contribution in [0.1, 0.15) is 12.5 Å². The molecule has 0 aromatic heterocycles. The minimum Gasteiger partial charge on any atom is -0.328 e. The third-order valence-electron chi connectivity index (χ3n) is 2.62. The van der Waals surface area contributed by atoms with E-state index in [9.17, 15) is 4.39 Å². The maximum Gasteiger partial charge on any atom is 0.137 e. The van der Waals surface area contributed by atoms with Gasteiger partial charge in [0.25, 0.3) is 0 Å². The lowest BCUT2D eigenvalue weighted by Crippen LogP contribution is -2.18. The molecule has 0 aliphatic heterocycles. The molecule has 100 valence electrons. The number of benzene rings is 2. The van der Waals surface area contributed by atoms with E-state index < -0.39 is 0 Å². The second-order valence-corrected chi connectivity index (χ2v) is 6.47. The summed E-state index contributed by atoms with van der Waals surface area (Å²) in [6.07, 6.45) is 0.774. The smallest absolute Gasteiger partial charge is 0.137 e. The Balaban J connectivity index is 2.32. The molecule has 2 aromatic carbocycles. The van der Waals surface area contributed by atoms with Crippen molar-refractivity contribution in [3.05, 3.63) is 58.3 Å². The normalized spacial score (nSPS) is 12.4. The first-order chi connectivity index (χ1) is 9.06. The van der Waals surface area contributed by atoms with Gasteiger partial charge >= 0.3 is 0 Å². The van der Waals surface area contributed by atoms with Gasteiger partial charge in [0.2, 0.25) is 0 Å². The largest absolute Gasteiger partial charge is 0.328 e. The Bertz CT molecular complexity index is 572. The molecule has 0 saturated carbocycles. The molecule has 0 radical (unpaired) electrons. The Morgan fingerprint density at radius 1 is 1.21 bits per heavy atom. The van der Waals surface area contributed by atoms with E-state index in [1.165, 1.54) is 17.8 Å². The number of hydrogen-bond acceptors (Lipinski definition) is 2. The molecule has 2 N–H and O–H groups in total. The zero-order chi connectivity index (χ0) is 13.8. The van der Waals surface area contributed by atoms with Crippen LogP contribution in [0.5, 0.6) is 0 Å². The SMILES string of the molecule is CC(N)Cc1cc(Br)ccc1Sc1ccccc1F. The van der Waals surface area contributed by atoms with Crippen LogP contribution in [0.25, 0.3) is 0 Å². The summed E-state index contributed by atoms with van der Waals surface area (Å²) in [5.41, 5.74) is 7.00. The summed E-state index contributed by atoms with van der Waals surface area (Å²) in [4.78, 5) is 1.68. The highest BCUT2D eigenvalue weighted by Gasteiger charge is 2.09. The first-order valence-electron chi connectivity index (χ1n) is 6.02. The number of nitrogens with two attached hydrogens (primary N) is 1. The van der Waals surface area contributed by atoms with Crippen LogP contribution in [0.2, 0.25) is 0 Å². The van der Waals surface area contributed by atoms with Crippen molar-refractivity contribution in [2.75, 3.05) is 0 Å². The molecular weight excluding hydrogens is 325 g/mol. The molecule has 4 heteroatoms. The highest BCUT2D eigenvalue weighted by molar-refractivity contribution is 9.10. The van der Waals surface area contributed by atoms with Crippen LogP contribution < -0.4 is 5.73 Å². The summed E-state index contributed by atoms with van der Waals surface area (Å²) in [5.74, 6) is -0.192. The molecule has 0 aliphatic carbocycles. The van der Waals surface area contributed by atoms with Gasteiger partial charge in [0.05, 0.1) is 0 Å². The molecule has 0 amide bonds. The maximum absolute atomic E-state index is 13.7. The molecule has 0 saturated heterocycles. The summed E-state index contributed by atoms with van der Waals surface area (Å²) in [7, 11) is 0. The summed E-state index contributed by atoms with van der Waals surface area (Å²) < 4.78 is 14.7. The van der Waals surface area contributed by atoms with E-state index in [4.69, 9.17) is 5.73 Å². The fourth-order valence-electron chi connectivity index (χ4n) is 1.80. The van der Waals surface area contributed by atoms with Crippen molar-refractivity contribution < 1.29 is 4.39 Å². The van der Waals surface area contributed by atoms with Gasteiger partial charge < -0.3 is 5.73 Å². The van der Waals surface area contributed by atoms with Gasteiger partial charge in [-0.05, 0) is 49.2 Å². The molecule has 1 nitrogen and oxygen atoms in total. The summed E-state index contributed by atoms with van der Waals surface area (Å²) >= 11 is 4.90. The Labute approximate surface area is 125 Å². The van der Waals surface area contributed by atoms with Gasteiger partial charge in [-0.3, -0.25) is 0 Å². The lowest BCUT2D eigenvalue weighted by Gasteiger charge is -2.12. The lowest BCUT2D eigenvalue weighted by molar-refractivity contribution is 0.602. The predicted octanol–water partition coefficient (Wildman–Crippen LogP) is 4.63. The third-order valence-corrected chi connectivity index (χ3v) is 4.28. The van der Waals surface area contributed by atoms with E-state index in [2.05, 4.69) is 15.9 Å². The first-order valence-corrected chi connectivity index (χ1v) is 7.63. The van der Waals surface area contributed by atoms with E-state index in [1.807, 2.05) is 31.2 Å². The van der Waals surface area contributed by atoms with Crippen LogP contribution in [-0.4, -0.2) is 6.04 Å². The molecule has 0 aliphatic rings. The second kappa shape index (κ2) is 6.55. The van der Waals surface area contributed by atoms with Crippen LogP contribution in [0.4, 0.5) is 4.39 Å². The molecular formula is C15H15BrFNS. The molecule has 2 aromatic rings. The molecule has 0 heterocycles.